The molecule has 0 N–H and O–H groups in total. The van der Waals surface area contributed by atoms with Crippen LogP contribution in [0.4, 0.5) is 4.39 Å². The van der Waals surface area contributed by atoms with Gasteiger partial charge in [0.1, 0.15) is 11.9 Å². The van der Waals surface area contributed by atoms with Crippen LogP contribution < -0.4 is 0 Å². The summed E-state index contributed by atoms with van der Waals surface area (Å²) in [6, 6.07) is 5.71. The molecule has 0 unspecified atom stereocenters. The van der Waals surface area contributed by atoms with E-state index in [9.17, 15) is 9.18 Å². The summed E-state index contributed by atoms with van der Waals surface area (Å²) in [5, 5.41) is 3.87. The van der Waals surface area contributed by atoms with Crippen LogP contribution in [0.1, 0.15) is 24.8 Å². The predicted octanol–water partition coefficient (Wildman–Crippen LogP) is 2.17. The fraction of sp³-hybridized carbons (Fsp3) is 0.308. The molecule has 1 aromatic heterocycles. The monoisotopic (exact) mass is 261 g/mol. The Morgan fingerprint density at radius 1 is 1.37 bits per heavy atom. The lowest BCUT2D eigenvalue weighted by Gasteiger charge is -2.14. The van der Waals surface area contributed by atoms with Gasteiger partial charge in [-0.3, -0.25) is 4.79 Å². The highest BCUT2D eigenvalue weighted by Gasteiger charge is 2.33. The van der Waals surface area contributed by atoms with Crippen LogP contribution in [-0.2, 0) is 4.79 Å². The van der Waals surface area contributed by atoms with Crippen molar-refractivity contribution in [1.82, 2.24) is 15.0 Å². The predicted molar refractivity (Wildman–Crippen MR) is 64.4 cm³/mol. The summed E-state index contributed by atoms with van der Waals surface area (Å²) in [7, 11) is 1.72. The number of nitrogens with zero attached hydrogens (tertiary/aromatic N) is 3. The molecule has 0 aliphatic carbocycles. The number of carbonyl (C=O) groups is 1. The zero-order valence-electron chi connectivity index (χ0n) is 10.3. The van der Waals surface area contributed by atoms with Crippen LogP contribution in [0.3, 0.4) is 0 Å². The molecule has 1 fully saturated rings. The van der Waals surface area contributed by atoms with Gasteiger partial charge < -0.3 is 9.42 Å². The second-order valence-corrected chi connectivity index (χ2v) is 4.52. The molecular formula is C13H12FN3O2. The van der Waals surface area contributed by atoms with Crippen molar-refractivity contribution in [3.8, 4) is 11.4 Å². The van der Waals surface area contributed by atoms with Crippen molar-refractivity contribution in [2.75, 3.05) is 7.05 Å². The molecule has 0 spiro atoms. The number of carbonyl (C=O) groups excluding carboxylic acids is 1. The first-order valence-electron chi connectivity index (χ1n) is 6.00. The topological polar surface area (TPSA) is 59.2 Å². The molecule has 2 heterocycles. The number of halogens is 1. The van der Waals surface area contributed by atoms with Gasteiger partial charge in [0, 0.05) is 19.0 Å². The van der Waals surface area contributed by atoms with Gasteiger partial charge in [0.15, 0.2) is 0 Å². The zero-order valence-corrected chi connectivity index (χ0v) is 10.3. The molecular weight excluding hydrogens is 249 g/mol. The number of benzene rings is 1. The lowest BCUT2D eigenvalue weighted by molar-refractivity contribution is -0.127. The van der Waals surface area contributed by atoms with Gasteiger partial charge in [0.25, 0.3) is 0 Å². The van der Waals surface area contributed by atoms with E-state index in [1.807, 2.05) is 0 Å². The largest absolute Gasteiger partial charge is 0.337 e. The van der Waals surface area contributed by atoms with Gasteiger partial charge in [-0.25, -0.2) is 4.39 Å². The Hall–Kier alpha value is -2.24. The standard InChI is InChI=1S/C13H12FN3O2/c1-17-10(6-7-11(17)18)13-15-12(16-19-13)8-2-4-9(14)5-3-8/h2-5,10H,6-7H2,1H3/t10-/m0/s1. The maximum Gasteiger partial charge on any atom is 0.249 e. The number of hydrogen-bond donors (Lipinski definition) is 0. The minimum absolute atomic E-state index is 0.0755. The number of rotatable bonds is 2. The molecule has 1 aromatic carbocycles. The third kappa shape index (κ3) is 2.09. The molecule has 1 saturated heterocycles. The van der Waals surface area contributed by atoms with E-state index in [2.05, 4.69) is 10.1 Å². The Labute approximate surface area is 109 Å². The summed E-state index contributed by atoms with van der Waals surface area (Å²) in [4.78, 5) is 17.4. The van der Waals surface area contributed by atoms with Crippen molar-refractivity contribution in [3.05, 3.63) is 36.0 Å². The van der Waals surface area contributed by atoms with E-state index in [0.717, 1.165) is 0 Å². The molecule has 2 aromatic rings. The number of likely N-dealkylation sites (tertiary alicyclic amines) is 1. The first-order valence-corrected chi connectivity index (χ1v) is 6.00. The van der Waals surface area contributed by atoms with Crippen LogP contribution in [0.25, 0.3) is 11.4 Å². The Balaban J connectivity index is 1.87. The van der Waals surface area contributed by atoms with E-state index < -0.39 is 0 Å². The smallest absolute Gasteiger partial charge is 0.249 e. The summed E-state index contributed by atoms with van der Waals surface area (Å²) >= 11 is 0. The van der Waals surface area contributed by atoms with Crippen LogP contribution in [0.5, 0.6) is 0 Å². The van der Waals surface area contributed by atoms with Crippen LogP contribution >= 0.6 is 0 Å². The summed E-state index contributed by atoms with van der Waals surface area (Å²) in [6.45, 7) is 0. The average molecular weight is 261 g/mol. The molecule has 1 atom stereocenters. The summed E-state index contributed by atoms with van der Waals surface area (Å²) in [5.41, 5.74) is 0.684. The Bertz CT molecular complexity index is 609. The van der Waals surface area contributed by atoms with Crippen LogP contribution in [0, 0.1) is 5.82 Å². The maximum atomic E-state index is 12.8. The van der Waals surface area contributed by atoms with Crippen LogP contribution in [0.2, 0.25) is 0 Å². The highest BCUT2D eigenvalue weighted by Crippen LogP contribution is 2.31. The van der Waals surface area contributed by atoms with Crippen molar-refractivity contribution in [2.45, 2.75) is 18.9 Å². The minimum Gasteiger partial charge on any atom is -0.337 e. The molecule has 0 radical (unpaired) electrons. The van der Waals surface area contributed by atoms with Gasteiger partial charge in [-0.15, -0.1) is 0 Å². The minimum atomic E-state index is -0.311. The van der Waals surface area contributed by atoms with Gasteiger partial charge >= 0.3 is 0 Å². The van der Waals surface area contributed by atoms with E-state index in [1.165, 1.54) is 12.1 Å². The molecule has 0 bridgehead atoms. The Kier molecular flexibility index (Phi) is 2.77. The SMILES string of the molecule is CN1C(=O)CC[C@H]1c1nc(-c2ccc(F)cc2)no1. The Morgan fingerprint density at radius 2 is 2.11 bits per heavy atom. The van der Waals surface area contributed by atoms with Crippen molar-refractivity contribution < 1.29 is 13.7 Å². The number of hydrogen-bond acceptors (Lipinski definition) is 4. The molecule has 6 heteroatoms. The third-order valence-electron chi connectivity index (χ3n) is 3.32. The highest BCUT2D eigenvalue weighted by molar-refractivity contribution is 5.78. The number of amides is 1. The normalized spacial score (nSPS) is 19.2. The second-order valence-electron chi connectivity index (χ2n) is 4.52. The van der Waals surface area contributed by atoms with Crippen molar-refractivity contribution in [1.29, 1.82) is 0 Å². The fourth-order valence-electron chi connectivity index (χ4n) is 2.18. The van der Waals surface area contributed by atoms with Crippen molar-refractivity contribution in [3.63, 3.8) is 0 Å². The molecule has 0 saturated carbocycles. The van der Waals surface area contributed by atoms with Gasteiger partial charge in [0.2, 0.25) is 17.6 Å². The molecule has 3 rings (SSSR count). The molecule has 5 nitrogen and oxygen atoms in total. The first-order chi connectivity index (χ1) is 9.15. The lowest BCUT2D eigenvalue weighted by atomic mass is 10.2. The van der Waals surface area contributed by atoms with Gasteiger partial charge in [-0.1, -0.05) is 5.16 Å². The summed E-state index contributed by atoms with van der Waals surface area (Å²) in [6.07, 6.45) is 1.18. The molecule has 98 valence electrons. The van der Waals surface area contributed by atoms with Gasteiger partial charge in [0.05, 0.1) is 0 Å². The first kappa shape index (κ1) is 11.8. The fourth-order valence-corrected chi connectivity index (χ4v) is 2.18. The second kappa shape index (κ2) is 4.46. The van der Waals surface area contributed by atoms with E-state index in [-0.39, 0.29) is 17.8 Å². The van der Waals surface area contributed by atoms with E-state index >= 15 is 0 Å². The molecule has 1 aliphatic rings. The zero-order chi connectivity index (χ0) is 13.4. The van der Waals surface area contributed by atoms with Crippen LogP contribution in [0.15, 0.2) is 28.8 Å². The van der Waals surface area contributed by atoms with Gasteiger partial charge in [-0.05, 0) is 30.7 Å². The molecule has 1 aliphatic heterocycles. The van der Waals surface area contributed by atoms with E-state index in [1.54, 1.807) is 24.1 Å². The van der Waals surface area contributed by atoms with Gasteiger partial charge in [-0.2, -0.15) is 4.98 Å². The Morgan fingerprint density at radius 3 is 2.74 bits per heavy atom. The average Bonchev–Trinajstić information content (AvgIpc) is 2.99. The van der Waals surface area contributed by atoms with E-state index in [4.69, 9.17) is 4.52 Å². The van der Waals surface area contributed by atoms with Crippen molar-refractivity contribution in [2.24, 2.45) is 0 Å². The summed E-state index contributed by atoms with van der Waals surface area (Å²) < 4.78 is 18.0. The quantitative estimate of drug-likeness (QED) is 0.831. The van der Waals surface area contributed by atoms with Crippen LogP contribution in [-0.4, -0.2) is 28.0 Å². The maximum absolute atomic E-state index is 12.8. The lowest BCUT2D eigenvalue weighted by Crippen LogP contribution is -2.22. The van der Waals surface area contributed by atoms with E-state index in [0.29, 0.717) is 30.1 Å². The summed E-state index contributed by atoms with van der Waals surface area (Å²) in [5.74, 6) is 0.593. The highest BCUT2D eigenvalue weighted by atomic mass is 19.1. The molecule has 1 amide bonds. The molecule has 19 heavy (non-hydrogen) atoms. The van der Waals surface area contributed by atoms with Crippen molar-refractivity contribution >= 4 is 5.91 Å². The third-order valence-corrected chi connectivity index (χ3v) is 3.32. The number of aromatic nitrogens is 2.